The van der Waals surface area contributed by atoms with Gasteiger partial charge in [0.25, 0.3) is 0 Å². The molecule has 0 fully saturated rings. The second-order valence-electron chi connectivity index (χ2n) is 4.52. The Hall–Kier alpha value is -0.890. The molecule has 0 saturated carbocycles. The second kappa shape index (κ2) is 3.06. The highest BCUT2D eigenvalue weighted by Gasteiger charge is 2.17. The van der Waals surface area contributed by atoms with Crippen LogP contribution in [0.2, 0.25) is 0 Å². The molecule has 0 unspecified atom stereocenters. The van der Waals surface area contributed by atoms with E-state index in [9.17, 15) is 4.39 Å². The van der Waals surface area contributed by atoms with E-state index in [-0.39, 0.29) is 11.2 Å². The van der Waals surface area contributed by atoms with Gasteiger partial charge in [0.15, 0.2) is 0 Å². The maximum Gasteiger partial charge on any atom is 0.140 e. The van der Waals surface area contributed by atoms with Crippen molar-refractivity contribution in [3.63, 3.8) is 0 Å². The Morgan fingerprint density at radius 3 is 2.50 bits per heavy atom. The van der Waals surface area contributed by atoms with Gasteiger partial charge in [0, 0.05) is 4.88 Å². The van der Waals surface area contributed by atoms with Crippen LogP contribution in [-0.4, -0.2) is 0 Å². The Morgan fingerprint density at radius 1 is 1.21 bits per heavy atom. The van der Waals surface area contributed by atoms with Crippen molar-refractivity contribution in [3.05, 3.63) is 35.0 Å². The molecule has 0 spiro atoms. The number of halogens is 1. The van der Waals surface area contributed by atoms with Gasteiger partial charge in [-0.1, -0.05) is 32.9 Å². The second-order valence-corrected chi connectivity index (χ2v) is 5.57. The lowest BCUT2D eigenvalue weighted by atomic mass is 9.94. The fourth-order valence-electron chi connectivity index (χ4n) is 1.40. The summed E-state index contributed by atoms with van der Waals surface area (Å²) in [5.41, 5.74) is 0.107. The normalized spacial score (nSPS) is 12.3. The molecule has 2 heteroatoms. The van der Waals surface area contributed by atoms with Crippen molar-refractivity contribution in [2.24, 2.45) is 0 Å². The molecule has 14 heavy (non-hydrogen) atoms. The molecule has 0 saturated heterocycles. The van der Waals surface area contributed by atoms with Gasteiger partial charge in [-0.3, -0.25) is 0 Å². The van der Waals surface area contributed by atoms with Crippen molar-refractivity contribution in [2.45, 2.75) is 26.2 Å². The van der Waals surface area contributed by atoms with Crippen LogP contribution in [0.15, 0.2) is 24.3 Å². The summed E-state index contributed by atoms with van der Waals surface area (Å²) in [5.74, 6) is -0.108. The summed E-state index contributed by atoms with van der Waals surface area (Å²) in [5, 5.41) is 1.01. The SMILES string of the molecule is CC(C)(C)c1cc2cccc(F)c2s1. The smallest absolute Gasteiger partial charge is 0.140 e. The van der Waals surface area contributed by atoms with Crippen LogP contribution in [0.5, 0.6) is 0 Å². The molecule has 74 valence electrons. The Labute approximate surface area is 87.4 Å². The molecule has 1 aromatic carbocycles. The number of hydrogen-bond acceptors (Lipinski definition) is 1. The highest BCUT2D eigenvalue weighted by molar-refractivity contribution is 7.19. The van der Waals surface area contributed by atoms with Gasteiger partial charge < -0.3 is 0 Å². The van der Waals surface area contributed by atoms with Gasteiger partial charge in [-0.25, -0.2) is 4.39 Å². The predicted molar refractivity (Wildman–Crippen MR) is 60.5 cm³/mol. The van der Waals surface area contributed by atoms with E-state index < -0.39 is 0 Å². The quantitative estimate of drug-likeness (QED) is 0.604. The molecule has 2 rings (SSSR count). The van der Waals surface area contributed by atoms with Crippen LogP contribution < -0.4 is 0 Å². The molecule has 0 amide bonds. The first-order valence-electron chi connectivity index (χ1n) is 4.67. The van der Waals surface area contributed by atoms with Crippen LogP contribution in [0.4, 0.5) is 4.39 Å². The molecular weight excluding hydrogens is 195 g/mol. The number of thiophene rings is 1. The van der Waals surface area contributed by atoms with E-state index in [4.69, 9.17) is 0 Å². The number of hydrogen-bond donors (Lipinski definition) is 0. The molecule has 0 aliphatic carbocycles. The molecule has 0 aliphatic rings. The number of benzene rings is 1. The first kappa shape index (κ1) is 9.66. The zero-order chi connectivity index (χ0) is 10.3. The summed E-state index contributed by atoms with van der Waals surface area (Å²) in [6.07, 6.45) is 0. The van der Waals surface area contributed by atoms with Crippen LogP contribution >= 0.6 is 11.3 Å². The van der Waals surface area contributed by atoms with E-state index in [2.05, 4.69) is 26.8 Å². The third-order valence-electron chi connectivity index (χ3n) is 2.24. The lowest BCUT2D eigenvalue weighted by Gasteiger charge is -2.14. The molecule has 0 atom stereocenters. The standard InChI is InChI=1S/C12H13FS/c1-12(2,3)10-7-8-5-4-6-9(13)11(8)14-10/h4-7H,1-3H3. The zero-order valence-electron chi connectivity index (χ0n) is 8.60. The molecule has 0 N–H and O–H groups in total. The van der Waals surface area contributed by atoms with Crippen LogP contribution in [-0.2, 0) is 5.41 Å². The number of fused-ring (bicyclic) bond motifs is 1. The summed E-state index contributed by atoms with van der Waals surface area (Å²) in [6.45, 7) is 6.45. The molecule has 1 aromatic heterocycles. The van der Waals surface area contributed by atoms with Crippen LogP contribution in [0.3, 0.4) is 0 Å². The minimum absolute atomic E-state index is 0.107. The van der Waals surface area contributed by atoms with E-state index in [1.807, 2.05) is 6.07 Å². The largest absolute Gasteiger partial charge is 0.205 e. The molecule has 2 aromatic rings. The van der Waals surface area contributed by atoms with Gasteiger partial charge in [0.2, 0.25) is 0 Å². The van der Waals surface area contributed by atoms with Gasteiger partial charge in [-0.15, -0.1) is 11.3 Å². The van der Waals surface area contributed by atoms with E-state index in [1.165, 1.54) is 10.9 Å². The van der Waals surface area contributed by atoms with E-state index in [1.54, 1.807) is 17.4 Å². The van der Waals surface area contributed by atoms with Crippen molar-refractivity contribution < 1.29 is 4.39 Å². The Morgan fingerprint density at radius 2 is 1.93 bits per heavy atom. The molecule has 0 aliphatic heterocycles. The third kappa shape index (κ3) is 1.55. The first-order chi connectivity index (χ1) is 6.48. The number of rotatable bonds is 0. The minimum Gasteiger partial charge on any atom is -0.205 e. The fraction of sp³-hybridized carbons (Fsp3) is 0.333. The summed E-state index contributed by atoms with van der Waals surface area (Å²) >= 11 is 1.56. The molecule has 0 radical (unpaired) electrons. The van der Waals surface area contributed by atoms with Crippen LogP contribution in [0.1, 0.15) is 25.6 Å². The van der Waals surface area contributed by atoms with Crippen molar-refractivity contribution in [2.75, 3.05) is 0 Å². The lowest BCUT2D eigenvalue weighted by Crippen LogP contribution is -2.07. The highest BCUT2D eigenvalue weighted by atomic mass is 32.1. The lowest BCUT2D eigenvalue weighted by molar-refractivity contribution is 0.604. The van der Waals surface area contributed by atoms with E-state index >= 15 is 0 Å². The average Bonchev–Trinajstić information content (AvgIpc) is 2.48. The zero-order valence-corrected chi connectivity index (χ0v) is 9.41. The van der Waals surface area contributed by atoms with Crippen molar-refractivity contribution in [1.82, 2.24) is 0 Å². The monoisotopic (exact) mass is 208 g/mol. The molecule has 0 nitrogen and oxygen atoms in total. The maximum absolute atomic E-state index is 13.4. The Kier molecular flexibility index (Phi) is 2.11. The van der Waals surface area contributed by atoms with Crippen molar-refractivity contribution in [3.8, 4) is 0 Å². The summed E-state index contributed by atoms with van der Waals surface area (Å²) in [6, 6.07) is 7.33. The highest BCUT2D eigenvalue weighted by Crippen LogP contribution is 2.35. The maximum atomic E-state index is 13.4. The topological polar surface area (TPSA) is 0 Å². The van der Waals surface area contributed by atoms with Crippen LogP contribution in [0.25, 0.3) is 10.1 Å². The van der Waals surface area contributed by atoms with Gasteiger partial charge in [-0.05, 0) is 22.9 Å². The van der Waals surface area contributed by atoms with Gasteiger partial charge in [0.1, 0.15) is 5.82 Å². The molecular formula is C12H13FS. The Balaban J connectivity index is 2.69. The Bertz CT molecular complexity index is 463. The predicted octanol–water partition coefficient (Wildman–Crippen LogP) is 4.34. The molecule has 1 heterocycles. The third-order valence-corrected chi connectivity index (χ3v) is 3.82. The molecule has 0 bridgehead atoms. The van der Waals surface area contributed by atoms with E-state index in [0.29, 0.717) is 0 Å². The minimum atomic E-state index is -0.108. The summed E-state index contributed by atoms with van der Waals surface area (Å²) in [7, 11) is 0. The summed E-state index contributed by atoms with van der Waals surface area (Å²) in [4.78, 5) is 1.23. The van der Waals surface area contributed by atoms with Gasteiger partial charge in [0.05, 0.1) is 4.70 Å². The first-order valence-corrected chi connectivity index (χ1v) is 5.49. The average molecular weight is 208 g/mol. The fourth-order valence-corrected chi connectivity index (χ4v) is 2.52. The van der Waals surface area contributed by atoms with Gasteiger partial charge in [-0.2, -0.15) is 0 Å². The van der Waals surface area contributed by atoms with Gasteiger partial charge >= 0.3 is 0 Å². The van der Waals surface area contributed by atoms with Crippen molar-refractivity contribution >= 4 is 21.4 Å². The van der Waals surface area contributed by atoms with E-state index in [0.717, 1.165) is 10.1 Å². The van der Waals surface area contributed by atoms with Crippen LogP contribution in [0, 0.1) is 5.82 Å². The summed E-state index contributed by atoms with van der Waals surface area (Å²) < 4.78 is 14.2. The van der Waals surface area contributed by atoms with Crippen molar-refractivity contribution in [1.29, 1.82) is 0 Å².